The second-order valence-electron chi connectivity index (χ2n) is 3.80. The van der Waals surface area contributed by atoms with E-state index in [4.69, 9.17) is 10.5 Å². The molecule has 0 aliphatic heterocycles. The number of hydrogen-bond donors (Lipinski definition) is 2. The second-order valence-corrected chi connectivity index (χ2v) is 4.66. The normalized spacial score (nSPS) is 12.1. The van der Waals surface area contributed by atoms with Gasteiger partial charge in [0.2, 0.25) is 5.91 Å². The Morgan fingerprint density at radius 1 is 1.53 bits per heavy atom. The fourth-order valence-electron chi connectivity index (χ4n) is 1.42. The van der Waals surface area contributed by atoms with Gasteiger partial charge in [0.25, 0.3) is 0 Å². The molecule has 1 unspecified atom stereocenters. The predicted molar refractivity (Wildman–Crippen MR) is 73.8 cm³/mol. The molecule has 2 rings (SSSR count). The molecule has 0 spiro atoms. The van der Waals surface area contributed by atoms with Crippen molar-refractivity contribution in [3.05, 3.63) is 29.8 Å². The highest BCUT2D eigenvalue weighted by atomic mass is 32.1. The Morgan fingerprint density at radius 3 is 3.05 bits per heavy atom. The van der Waals surface area contributed by atoms with Crippen LogP contribution in [0.4, 0.5) is 5.13 Å². The quantitative estimate of drug-likeness (QED) is 0.855. The predicted octanol–water partition coefficient (Wildman–Crippen LogP) is 1.12. The summed E-state index contributed by atoms with van der Waals surface area (Å²) < 4.78 is 4.82. The van der Waals surface area contributed by atoms with Crippen LogP contribution in [0.1, 0.15) is 0 Å². The minimum atomic E-state index is -0.702. The molecule has 0 aliphatic rings. The summed E-state index contributed by atoms with van der Waals surface area (Å²) in [5.74, 6) is -0.316. The van der Waals surface area contributed by atoms with E-state index in [1.165, 1.54) is 18.4 Å². The molecule has 1 amide bonds. The number of anilines is 1. The van der Waals surface area contributed by atoms with Gasteiger partial charge in [-0.2, -0.15) is 0 Å². The summed E-state index contributed by atoms with van der Waals surface area (Å²) in [5, 5.41) is 4.98. The van der Waals surface area contributed by atoms with Crippen molar-refractivity contribution in [2.75, 3.05) is 19.0 Å². The van der Waals surface area contributed by atoms with Gasteiger partial charge in [-0.25, -0.2) is 4.98 Å². The maximum absolute atomic E-state index is 11.7. The molecule has 1 atom stereocenters. The fraction of sp³-hybridized carbons (Fsp3) is 0.250. The number of thiazole rings is 1. The number of aromatic nitrogens is 2. The molecule has 6 nitrogen and oxygen atoms in total. The van der Waals surface area contributed by atoms with E-state index < -0.39 is 6.04 Å². The highest BCUT2D eigenvalue weighted by Gasteiger charge is 2.15. The molecule has 100 valence electrons. The summed E-state index contributed by atoms with van der Waals surface area (Å²) in [6, 6.07) is 4.88. The van der Waals surface area contributed by atoms with Gasteiger partial charge in [-0.1, -0.05) is 6.07 Å². The minimum absolute atomic E-state index is 0.171. The monoisotopic (exact) mass is 278 g/mol. The Balaban J connectivity index is 2.04. The maximum atomic E-state index is 11.7. The number of pyridine rings is 1. The minimum Gasteiger partial charge on any atom is -0.383 e. The topological polar surface area (TPSA) is 90.1 Å². The van der Waals surface area contributed by atoms with Gasteiger partial charge in [-0.05, 0) is 12.1 Å². The Labute approximate surface area is 114 Å². The lowest BCUT2D eigenvalue weighted by molar-refractivity contribution is -0.118. The standard InChI is InChI=1S/C12H14N4O2S/c1-18-6-8(13)11(17)16-12-15-10(7-19-12)9-4-2-3-5-14-9/h2-5,7-8H,6,13H2,1H3,(H,15,16,17). The van der Waals surface area contributed by atoms with Crippen LogP contribution in [0.5, 0.6) is 0 Å². The van der Waals surface area contributed by atoms with Crippen molar-refractivity contribution >= 4 is 22.4 Å². The average molecular weight is 278 g/mol. The molecule has 0 aliphatic carbocycles. The van der Waals surface area contributed by atoms with Crippen LogP contribution in [-0.4, -0.2) is 35.6 Å². The van der Waals surface area contributed by atoms with E-state index in [1.54, 1.807) is 6.20 Å². The molecule has 0 saturated heterocycles. The third-order valence-electron chi connectivity index (χ3n) is 2.34. The van der Waals surface area contributed by atoms with Crippen molar-refractivity contribution in [2.45, 2.75) is 6.04 Å². The van der Waals surface area contributed by atoms with E-state index >= 15 is 0 Å². The van der Waals surface area contributed by atoms with E-state index in [2.05, 4.69) is 15.3 Å². The van der Waals surface area contributed by atoms with Crippen LogP contribution in [0, 0.1) is 0 Å². The smallest absolute Gasteiger partial charge is 0.245 e. The lowest BCUT2D eigenvalue weighted by Crippen LogP contribution is -2.39. The molecule has 0 fully saturated rings. The van der Waals surface area contributed by atoms with Crippen LogP contribution in [-0.2, 0) is 9.53 Å². The van der Waals surface area contributed by atoms with E-state index in [0.717, 1.165) is 11.4 Å². The molecule has 7 heteroatoms. The molecule has 0 bridgehead atoms. The second kappa shape index (κ2) is 6.37. The van der Waals surface area contributed by atoms with Gasteiger partial charge >= 0.3 is 0 Å². The first kappa shape index (κ1) is 13.6. The number of amides is 1. The largest absolute Gasteiger partial charge is 0.383 e. The average Bonchev–Trinajstić information content (AvgIpc) is 2.88. The number of methoxy groups -OCH3 is 1. The SMILES string of the molecule is COCC(N)C(=O)Nc1nc(-c2ccccn2)cs1. The molecule has 0 radical (unpaired) electrons. The Morgan fingerprint density at radius 2 is 2.37 bits per heavy atom. The van der Waals surface area contributed by atoms with Crippen molar-refractivity contribution in [1.82, 2.24) is 9.97 Å². The van der Waals surface area contributed by atoms with Crippen LogP contribution < -0.4 is 11.1 Å². The van der Waals surface area contributed by atoms with Gasteiger partial charge in [0, 0.05) is 18.7 Å². The first-order valence-corrected chi connectivity index (χ1v) is 6.51. The van der Waals surface area contributed by atoms with Crippen LogP contribution in [0.15, 0.2) is 29.8 Å². The molecule has 19 heavy (non-hydrogen) atoms. The Bertz CT molecular complexity index is 544. The number of carbonyl (C=O) groups excluding carboxylic acids is 1. The van der Waals surface area contributed by atoms with Gasteiger partial charge in [0.05, 0.1) is 12.3 Å². The van der Waals surface area contributed by atoms with Gasteiger partial charge in [0.15, 0.2) is 5.13 Å². The summed E-state index contributed by atoms with van der Waals surface area (Å²) in [7, 11) is 1.50. The van der Waals surface area contributed by atoms with Crippen LogP contribution in [0.3, 0.4) is 0 Å². The zero-order chi connectivity index (χ0) is 13.7. The number of nitrogens with one attached hydrogen (secondary N) is 1. The third-order valence-corrected chi connectivity index (χ3v) is 3.10. The molecular weight excluding hydrogens is 264 g/mol. The molecule has 2 aromatic rings. The van der Waals surface area contributed by atoms with Crippen molar-refractivity contribution in [3.63, 3.8) is 0 Å². The number of ether oxygens (including phenoxy) is 1. The molecule has 0 saturated carbocycles. The van der Waals surface area contributed by atoms with E-state index in [9.17, 15) is 4.79 Å². The highest BCUT2D eigenvalue weighted by molar-refractivity contribution is 7.14. The number of nitrogens with two attached hydrogens (primary N) is 1. The van der Waals surface area contributed by atoms with Crippen LogP contribution in [0.2, 0.25) is 0 Å². The Kier molecular flexibility index (Phi) is 4.56. The van der Waals surface area contributed by atoms with Gasteiger partial charge in [0.1, 0.15) is 11.7 Å². The molecule has 2 aromatic heterocycles. The van der Waals surface area contributed by atoms with Gasteiger partial charge in [-0.15, -0.1) is 11.3 Å². The van der Waals surface area contributed by atoms with Crippen molar-refractivity contribution in [1.29, 1.82) is 0 Å². The lowest BCUT2D eigenvalue weighted by atomic mass is 10.3. The first-order valence-electron chi connectivity index (χ1n) is 5.63. The van der Waals surface area contributed by atoms with E-state index in [0.29, 0.717) is 5.13 Å². The van der Waals surface area contributed by atoms with Crippen molar-refractivity contribution in [2.24, 2.45) is 5.73 Å². The van der Waals surface area contributed by atoms with Crippen molar-refractivity contribution in [3.8, 4) is 11.4 Å². The summed E-state index contributed by atoms with van der Waals surface area (Å²) in [4.78, 5) is 20.2. The summed E-state index contributed by atoms with van der Waals surface area (Å²) in [6.07, 6.45) is 1.70. The number of nitrogens with zero attached hydrogens (tertiary/aromatic N) is 2. The van der Waals surface area contributed by atoms with Gasteiger partial charge < -0.3 is 15.8 Å². The van der Waals surface area contributed by atoms with E-state index in [-0.39, 0.29) is 12.5 Å². The van der Waals surface area contributed by atoms with Gasteiger partial charge in [-0.3, -0.25) is 9.78 Å². The first-order chi connectivity index (χ1) is 9.20. The van der Waals surface area contributed by atoms with Crippen LogP contribution >= 0.6 is 11.3 Å². The molecule has 3 N–H and O–H groups in total. The number of carbonyl (C=O) groups is 1. The lowest BCUT2D eigenvalue weighted by Gasteiger charge is -2.08. The third kappa shape index (κ3) is 3.57. The highest BCUT2D eigenvalue weighted by Crippen LogP contribution is 2.22. The van der Waals surface area contributed by atoms with Crippen LogP contribution in [0.25, 0.3) is 11.4 Å². The Hall–Kier alpha value is -1.83. The summed E-state index contributed by atoms with van der Waals surface area (Å²) in [5.41, 5.74) is 7.11. The molecular formula is C12H14N4O2S. The molecule has 0 aromatic carbocycles. The molecule has 2 heterocycles. The number of rotatable bonds is 5. The summed E-state index contributed by atoms with van der Waals surface area (Å²) in [6.45, 7) is 0.171. The summed E-state index contributed by atoms with van der Waals surface area (Å²) >= 11 is 1.33. The maximum Gasteiger partial charge on any atom is 0.245 e. The zero-order valence-electron chi connectivity index (χ0n) is 10.4. The van der Waals surface area contributed by atoms with Crippen molar-refractivity contribution < 1.29 is 9.53 Å². The van der Waals surface area contributed by atoms with E-state index in [1.807, 2.05) is 23.6 Å². The fourth-order valence-corrected chi connectivity index (χ4v) is 2.12. The zero-order valence-corrected chi connectivity index (χ0v) is 11.2. The number of hydrogen-bond acceptors (Lipinski definition) is 6.